The van der Waals surface area contributed by atoms with Gasteiger partial charge in [0.25, 0.3) is 5.56 Å². The van der Waals surface area contributed by atoms with Crippen LogP contribution < -0.4 is 5.56 Å². The summed E-state index contributed by atoms with van der Waals surface area (Å²) in [6.45, 7) is 4.39. The van der Waals surface area contributed by atoms with Crippen LogP contribution in [0.15, 0.2) is 21.6 Å². The highest BCUT2D eigenvalue weighted by atomic mass is 19.4. The van der Waals surface area contributed by atoms with Crippen molar-refractivity contribution in [3.05, 3.63) is 34.1 Å². The van der Waals surface area contributed by atoms with Crippen molar-refractivity contribution in [2.75, 3.05) is 13.1 Å². The van der Waals surface area contributed by atoms with Gasteiger partial charge in [-0.05, 0) is 19.9 Å². The predicted molar refractivity (Wildman–Crippen MR) is 85.6 cm³/mol. The predicted octanol–water partition coefficient (Wildman–Crippen LogP) is 1.62. The molecular weight excluding hydrogens is 369 g/mol. The highest BCUT2D eigenvalue weighted by Gasteiger charge is 2.39. The average molecular weight is 386 g/mol. The highest BCUT2D eigenvalue weighted by molar-refractivity contribution is 5.81. The Morgan fingerprint density at radius 1 is 1.33 bits per heavy atom. The Bertz CT molecular complexity index is 882. The maximum Gasteiger partial charge on any atom is 0.471 e. The Morgan fingerprint density at radius 3 is 2.59 bits per heavy atom. The molecule has 2 aromatic rings. The SMILES string of the molecule is C[C@H]1CN(C(=O)Cc2c(-c3noc(C(F)(F)F)n3)cc[nH]c2=O)C[C@H](C)O1. The van der Waals surface area contributed by atoms with Gasteiger partial charge in [-0.2, -0.15) is 18.2 Å². The van der Waals surface area contributed by atoms with Crippen molar-refractivity contribution in [3.63, 3.8) is 0 Å². The van der Waals surface area contributed by atoms with Crippen LogP contribution >= 0.6 is 0 Å². The molecule has 1 aliphatic heterocycles. The van der Waals surface area contributed by atoms with Gasteiger partial charge >= 0.3 is 12.1 Å². The molecule has 0 aliphatic carbocycles. The van der Waals surface area contributed by atoms with Gasteiger partial charge in [0.15, 0.2) is 0 Å². The Hall–Kier alpha value is -2.69. The Balaban J connectivity index is 1.89. The Morgan fingerprint density at radius 2 is 2.00 bits per heavy atom. The lowest BCUT2D eigenvalue weighted by molar-refractivity contribution is -0.159. The standard InChI is InChI=1S/C16H17F3N4O4/c1-8-6-23(7-9(2)26-8)12(24)5-11-10(3-4-20-14(11)25)13-21-15(27-22-13)16(17,18)19/h3-4,8-9H,5-7H2,1-2H3,(H,20,25)/t8-,9-/m0/s1. The van der Waals surface area contributed by atoms with Crippen LogP contribution in [0.1, 0.15) is 25.3 Å². The molecule has 0 bridgehead atoms. The molecule has 0 aromatic carbocycles. The smallest absolute Gasteiger partial charge is 0.372 e. The van der Waals surface area contributed by atoms with E-state index in [9.17, 15) is 22.8 Å². The maximum absolute atomic E-state index is 12.7. The summed E-state index contributed by atoms with van der Waals surface area (Å²) >= 11 is 0. The van der Waals surface area contributed by atoms with Gasteiger partial charge < -0.3 is 19.1 Å². The summed E-state index contributed by atoms with van der Waals surface area (Å²) in [6, 6.07) is 1.33. The third-order valence-corrected chi connectivity index (χ3v) is 4.07. The number of carbonyl (C=O) groups excluding carboxylic acids is 1. The van der Waals surface area contributed by atoms with Crippen molar-refractivity contribution in [3.8, 4) is 11.4 Å². The molecule has 11 heteroatoms. The van der Waals surface area contributed by atoms with Crippen molar-refractivity contribution in [1.82, 2.24) is 20.0 Å². The number of morpholine rings is 1. The first-order valence-corrected chi connectivity index (χ1v) is 8.20. The summed E-state index contributed by atoms with van der Waals surface area (Å²) < 4.78 is 47.8. The quantitative estimate of drug-likeness (QED) is 0.860. The molecule has 1 aliphatic rings. The molecule has 0 unspecified atom stereocenters. The molecule has 3 heterocycles. The van der Waals surface area contributed by atoms with E-state index in [2.05, 4.69) is 19.6 Å². The number of amides is 1. The van der Waals surface area contributed by atoms with Crippen molar-refractivity contribution in [1.29, 1.82) is 0 Å². The maximum atomic E-state index is 12.7. The van der Waals surface area contributed by atoms with E-state index in [0.29, 0.717) is 13.1 Å². The van der Waals surface area contributed by atoms with Crippen LogP contribution in [0.25, 0.3) is 11.4 Å². The van der Waals surface area contributed by atoms with Gasteiger partial charge in [-0.3, -0.25) is 9.59 Å². The number of hydrogen-bond acceptors (Lipinski definition) is 6. The topological polar surface area (TPSA) is 101 Å². The fraction of sp³-hybridized carbons (Fsp3) is 0.500. The zero-order valence-electron chi connectivity index (χ0n) is 14.5. The van der Waals surface area contributed by atoms with Crippen LogP contribution in [0.4, 0.5) is 13.2 Å². The normalized spacial score (nSPS) is 20.7. The summed E-state index contributed by atoms with van der Waals surface area (Å²) in [5, 5.41) is 3.29. The lowest BCUT2D eigenvalue weighted by atomic mass is 10.1. The minimum Gasteiger partial charge on any atom is -0.372 e. The highest BCUT2D eigenvalue weighted by Crippen LogP contribution is 2.29. The summed E-state index contributed by atoms with van der Waals surface area (Å²) in [5.74, 6) is -2.26. The summed E-state index contributed by atoms with van der Waals surface area (Å²) in [7, 11) is 0. The first kappa shape index (κ1) is 19.1. The molecule has 0 radical (unpaired) electrons. The van der Waals surface area contributed by atoms with Crippen molar-refractivity contribution in [2.24, 2.45) is 0 Å². The third kappa shape index (κ3) is 4.18. The lowest BCUT2D eigenvalue weighted by Gasteiger charge is -2.35. The molecule has 1 N–H and O–H groups in total. The van der Waals surface area contributed by atoms with Gasteiger partial charge in [0.05, 0.1) is 18.6 Å². The molecule has 0 spiro atoms. The number of rotatable bonds is 3. The molecule has 146 valence electrons. The lowest BCUT2D eigenvalue weighted by Crippen LogP contribution is -2.49. The van der Waals surface area contributed by atoms with E-state index in [-0.39, 0.29) is 35.7 Å². The average Bonchev–Trinajstić information content (AvgIpc) is 3.06. The second-order valence-corrected chi connectivity index (χ2v) is 6.35. The number of aromatic nitrogens is 3. The fourth-order valence-corrected chi connectivity index (χ4v) is 2.99. The number of aromatic amines is 1. The number of nitrogens with zero attached hydrogens (tertiary/aromatic N) is 3. The summed E-state index contributed by atoms with van der Waals surface area (Å²) in [5.41, 5.74) is -0.613. The molecular formula is C16H17F3N4O4. The third-order valence-electron chi connectivity index (χ3n) is 4.07. The minimum absolute atomic E-state index is 0.0145. The number of alkyl halides is 3. The van der Waals surface area contributed by atoms with E-state index in [1.54, 1.807) is 4.90 Å². The molecule has 1 amide bonds. The first-order valence-electron chi connectivity index (χ1n) is 8.20. The van der Waals surface area contributed by atoms with Gasteiger partial charge in [-0.1, -0.05) is 5.16 Å². The molecule has 2 aromatic heterocycles. The second-order valence-electron chi connectivity index (χ2n) is 6.35. The second kappa shape index (κ2) is 7.14. The Kier molecular flexibility index (Phi) is 5.05. The summed E-state index contributed by atoms with van der Waals surface area (Å²) in [6.07, 6.45) is -4.17. The van der Waals surface area contributed by atoms with Crippen molar-refractivity contribution < 1.29 is 27.2 Å². The number of halogens is 3. The van der Waals surface area contributed by atoms with E-state index in [1.807, 2.05) is 13.8 Å². The van der Waals surface area contributed by atoms with Crippen LogP contribution in [-0.4, -0.2) is 51.2 Å². The van der Waals surface area contributed by atoms with E-state index in [1.165, 1.54) is 12.3 Å². The first-order chi connectivity index (χ1) is 12.6. The van der Waals surface area contributed by atoms with E-state index < -0.39 is 23.5 Å². The molecule has 0 saturated carbocycles. The van der Waals surface area contributed by atoms with Gasteiger partial charge in [0, 0.05) is 30.4 Å². The number of pyridine rings is 1. The Labute approximate surface area is 151 Å². The zero-order chi connectivity index (χ0) is 19.8. The van der Waals surface area contributed by atoms with Crippen LogP contribution in [-0.2, 0) is 22.1 Å². The largest absolute Gasteiger partial charge is 0.471 e. The monoisotopic (exact) mass is 386 g/mol. The fourth-order valence-electron chi connectivity index (χ4n) is 2.99. The number of ether oxygens (including phenoxy) is 1. The van der Waals surface area contributed by atoms with Crippen LogP contribution in [0.3, 0.4) is 0 Å². The molecule has 2 atom stereocenters. The molecule has 1 saturated heterocycles. The minimum atomic E-state index is -4.80. The molecule has 27 heavy (non-hydrogen) atoms. The van der Waals surface area contributed by atoms with Gasteiger partial charge in [0.2, 0.25) is 11.7 Å². The number of H-pyrrole nitrogens is 1. The number of hydrogen-bond donors (Lipinski definition) is 1. The van der Waals surface area contributed by atoms with Crippen molar-refractivity contribution >= 4 is 5.91 Å². The van der Waals surface area contributed by atoms with Crippen LogP contribution in [0, 0.1) is 0 Å². The van der Waals surface area contributed by atoms with Crippen LogP contribution in [0.2, 0.25) is 0 Å². The van der Waals surface area contributed by atoms with E-state index in [0.717, 1.165) is 0 Å². The van der Waals surface area contributed by atoms with Crippen molar-refractivity contribution in [2.45, 2.75) is 38.7 Å². The van der Waals surface area contributed by atoms with Crippen LogP contribution in [0.5, 0.6) is 0 Å². The number of nitrogens with one attached hydrogen (secondary N) is 1. The molecule has 1 fully saturated rings. The summed E-state index contributed by atoms with van der Waals surface area (Å²) in [4.78, 5) is 32.1. The van der Waals surface area contributed by atoms with Gasteiger partial charge in [-0.15, -0.1) is 0 Å². The zero-order valence-corrected chi connectivity index (χ0v) is 14.5. The molecule has 8 nitrogen and oxygen atoms in total. The van der Waals surface area contributed by atoms with Gasteiger partial charge in [-0.25, -0.2) is 0 Å². The van der Waals surface area contributed by atoms with Gasteiger partial charge in [0.1, 0.15) is 0 Å². The molecule has 3 rings (SSSR count). The van der Waals surface area contributed by atoms with E-state index in [4.69, 9.17) is 4.74 Å². The number of carbonyl (C=O) groups is 1. The van der Waals surface area contributed by atoms with E-state index >= 15 is 0 Å².